The Kier molecular flexibility index (Phi) is 8.17. The van der Waals surface area contributed by atoms with Gasteiger partial charge in [0.2, 0.25) is 0 Å². The maximum absolute atomic E-state index is 6.46. The minimum atomic E-state index is 0.872. The van der Waals surface area contributed by atoms with Gasteiger partial charge >= 0.3 is 0 Å². The summed E-state index contributed by atoms with van der Waals surface area (Å²) in [6.07, 6.45) is 0. The predicted molar refractivity (Wildman–Crippen MR) is 255 cm³/mol. The highest BCUT2D eigenvalue weighted by molar-refractivity contribution is 6.10. The SMILES string of the molecule is c1cc(-c2cccc(N(c3ccc(-c4cccc5c4oc4ccccc45)cc3)c3ccccc3-c3ccc4c(c3)oc3ccccc34)c2)cc(-c2cccc3ccccc23)c1. The minimum absolute atomic E-state index is 0.872. The Morgan fingerprint density at radius 3 is 1.70 bits per heavy atom. The monoisotopic (exact) mass is 779 g/mol. The van der Waals surface area contributed by atoms with Crippen molar-refractivity contribution in [1.29, 1.82) is 0 Å². The summed E-state index contributed by atoms with van der Waals surface area (Å²) in [5, 5.41) is 6.97. The second kappa shape index (κ2) is 14.3. The molecule has 0 amide bonds. The van der Waals surface area contributed by atoms with E-state index in [0.29, 0.717) is 0 Å². The van der Waals surface area contributed by atoms with Crippen LogP contribution in [0.15, 0.2) is 233 Å². The van der Waals surface area contributed by atoms with Gasteiger partial charge in [0.05, 0.1) is 5.69 Å². The average molecular weight is 780 g/mol. The number of rotatable bonds is 7. The number of para-hydroxylation sites is 4. The molecule has 0 N–H and O–H groups in total. The van der Waals surface area contributed by atoms with Gasteiger partial charge < -0.3 is 13.7 Å². The van der Waals surface area contributed by atoms with E-state index in [2.05, 4.69) is 205 Å². The molecule has 12 rings (SSSR count). The van der Waals surface area contributed by atoms with Crippen LogP contribution in [0.5, 0.6) is 0 Å². The molecule has 0 aliphatic heterocycles. The van der Waals surface area contributed by atoms with E-state index in [-0.39, 0.29) is 0 Å². The maximum Gasteiger partial charge on any atom is 0.143 e. The number of benzene rings is 10. The Balaban J connectivity index is 1.00. The van der Waals surface area contributed by atoms with Crippen molar-refractivity contribution in [2.45, 2.75) is 0 Å². The molecule has 0 aliphatic carbocycles. The summed E-state index contributed by atoms with van der Waals surface area (Å²) in [6, 6.07) is 80.0. The molecule has 0 atom stereocenters. The fourth-order valence-corrected chi connectivity index (χ4v) is 9.17. The van der Waals surface area contributed by atoms with Gasteiger partial charge in [0.1, 0.15) is 22.3 Å². The standard InChI is InChI=1S/C58H37NO2/c1-2-19-46-38(13-1)14-11-23-47(46)42-17-9-15-40(35-42)41-16-10-18-45(36-41)59(44-32-29-39(30-33-44)49-24-12-25-53-51-22-5-8-28-56(51)61-58(49)53)54-26-6-3-20-48(54)43-31-34-52-50-21-4-7-27-55(50)60-57(52)37-43/h1-37H. The second-order valence-corrected chi connectivity index (χ2v) is 15.6. The minimum Gasteiger partial charge on any atom is -0.456 e. The molecule has 2 heterocycles. The van der Waals surface area contributed by atoms with Crippen molar-refractivity contribution in [3.63, 3.8) is 0 Å². The van der Waals surface area contributed by atoms with E-state index in [4.69, 9.17) is 8.83 Å². The zero-order chi connectivity index (χ0) is 40.3. The zero-order valence-electron chi connectivity index (χ0n) is 33.1. The normalized spacial score (nSPS) is 11.6. The summed E-state index contributed by atoms with van der Waals surface area (Å²) >= 11 is 0. The number of hydrogen-bond donors (Lipinski definition) is 0. The molecule has 0 radical (unpaired) electrons. The summed E-state index contributed by atoms with van der Waals surface area (Å²) in [6.45, 7) is 0. The van der Waals surface area contributed by atoms with Gasteiger partial charge in [-0.1, -0.05) is 164 Å². The Morgan fingerprint density at radius 2 is 0.836 bits per heavy atom. The smallest absolute Gasteiger partial charge is 0.143 e. The molecular formula is C58H37NO2. The van der Waals surface area contributed by atoms with Crippen molar-refractivity contribution in [2.24, 2.45) is 0 Å². The summed E-state index contributed by atoms with van der Waals surface area (Å²) in [5.74, 6) is 0. The first kappa shape index (κ1) is 34.9. The van der Waals surface area contributed by atoms with Crippen LogP contribution in [0.3, 0.4) is 0 Å². The van der Waals surface area contributed by atoms with Crippen LogP contribution in [-0.2, 0) is 0 Å². The quantitative estimate of drug-likeness (QED) is 0.161. The molecule has 10 aromatic carbocycles. The van der Waals surface area contributed by atoms with Gasteiger partial charge in [0.15, 0.2) is 0 Å². The molecule has 2 aromatic heterocycles. The Bertz CT molecular complexity index is 3600. The van der Waals surface area contributed by atoms with Crippen LogP contribution in [0.4, 0.5) is 17.1 Å². The molecule has 0 unspecified atom stereocenters. The summed E-state index contributed by atoms with van der Waals surface area (Å²) in [7, 11) is 0. The van der Waals surface area contributed by atoms with E-state index >= 15 is 0 Å². The molecule has 0 fully saturated rings. The lowest BCUT2D eigenvalue weighted by Gasteiger charge is -2.28. The molecule has 0 aliphatic rings. The van der Waals surface area contributed by atoms with Gasteiger partial charge in [-0.3, -0.25) is 0 Å². The molecule has 0 bridgehead atoms. The molecule has 286 valence electrons. The van der Waals surface area contributed by atoms with E-state index < -0.39 is 0 Å². The lowest BCUT2D eigenvalue weighted by Crippen LogP contribution is -2.11. The van der Waals surface area contributed by atoms with Gasteiger partial charge in [0.25, 0.3) is 0 Å². The molecule has 0 saturated heterocycles. The van der Waals surface area contributed by atoms with Crippen molar-refractivity contribution in [3.05, 3.63) is 224 Å². The maximum atomic E-state index is 6.46. The van der Waals surface area contributed by atoms with Crippen molar-refractivity contribution in [1.82, 2.24) is 0 Å². The van der Waals surface area contributed by atoms with Gasteiger partial charge in [-0.15, -0.1) is 0 Å². The van der Waals surface area contributed by atoms with Crippen LogP contribution < -0.4 is 4.90 Å². The third-order valence-electron chi connectivity index (χ3n) is 12.1. The number of anilines is 3. The lowest BCUT2D eigenvalue weighted by atomic mass is 9.95. The van der Waals surface area contributed by atoms with Gasteiger partial charge in [-0.05, 0) is 105 Å². The first-order valence-corrected chi connectivity index (χ1v) is 20.7. The molecule has 0 saturated carbocycles. The number of fused-ring (bicyclic) bond motifs is 7. The van der Waals surface area contributed by atoms with E-state index in [9.17, 15) is 0 Å². The van der Waals surface area contributed by atoms with Crippen LogP contribution in [0.1, 0.15) is 0 Å². The molecule has 3 nitrogen and oxygen atoms in total. The van der Waals surface area contributed by atoms with Crippen LogP contribution in [0.25, 0.3) is 99.2 Å². The van der Waals surface area contributed by atoms with E-state index in [1.165, 1.54) is 21.9 Å². The Labute approximate surface area is 353 Å². The van der Waals surface area contributed by atoms with Crippen molar-refractivity contribution in [3.8, 4) is 44.5 Å². The first-order chi connectivity index (χ1) is 30.2. The first-order valence-electron chi connectivity index (χ1n) is 20.7. The number of furan rings is 2. The third-order valence-corrected chi connectivity index (χ3v) is 12.1. The predicted octanol–water partition coefficient (Wildman–Crippen LogP) is 16.8. The van der Waals surface area contributed by atoms with Gasteiger partial charge in [-0.2, -0.15) is 0 Å². The fraction of sp³-hybridized carbons (Fsp3) is 0. The summed E-state index contributed by atoms with van der Waals surface area (Å²) < 4.78 is 12.9. The molecule has 3 heteroatoms. The number of nitrogens with zero attached hydrogens (tertiary/aromatic N) is 1. The highest BCUT2D eigenvalue weighted by Gasteiger charge is 2.20. The Morgan fingerprint density at radius 1 is 0.279 bits per heavy atom. The fourth-order valence-electron chi connectivity index (χ4n) is 9.17. The summed E-state index contributed by atoms with van der Waals surface area (Å²) in [4.78, 5) is 2.38. The molecule has 12 aromatic rings. The molecular weight excluding hydrogens is 743 g/mol. The van der Waals surface area contributed by atoms with E-state index in [1.54, 1.807) is 0 Å². The van der Waals surface area contributed by atoms with Crippen LogP contribution in [0.2, 0.25) is 0 Å². The lowest BCUT2D eigenvalue weighted by molar-refractivity contribution is 0.669. The van der Waals surface area contributed by atoms with Crippen LogP contribution >= 0.6 is 0 Å². The Hall–Kier alpha value is -8.14. The third kappa shape index (κ3) is 5.98. The second-order valence-electron chi connectivity index (χ2n) is 15.6. The highest BCUT2D eigenvalue weighted by Crippen LogP contribution is 2.44. The highest BCUT2D eigenvalue weighted by atomic mass is 16.3. The largest absolute Gasteiger partial charge is 0.456 e. The van der Waals surface area contributed by atoms with Gasteiger partial charge in [0, 0.05) is 44.0 Å². The summed E-state index contributed by atoms with van der Waals surface area (Å²) in [5.41, 5.74) is 15.8. The van der Waals surface area contributed by atoms with Crippen molar-refractivity contribution >= 4 is 71.7 Å². The molecule has 61 heavy (non-hydrogen) atoms. The molecule has 0 spiro atoms. The van der Waals surface area contributed by atoms with Gasteiger partial charge in [-0.25, -0.2) is 0 Å². The average Bonchev–Trinajstić information content (AvgIpc) is 3.90. The van der Waals surface area contributed by atoms with E-state index in [0.717, 1.165) is 94.3 Å². The number of hydrogen-bond acceptors (Lipinski definition) is 3. The van der Waals surface area contributed by atoms with Crippen molar-refractivity contribution < 1.29 is 8.83 Å². The van der Waals surface area contributed by atoms with Crippen molar-refractivity contribution in [2.75, 3.05) is 4.90 Å². The van der Waals surface area contributed by atoms with E-state index in [1.807, 2.05) is 24.3 Å². The van der Waals surface area contributed by atoms with Crippen LogP contribution in [-0.4, -0.2) is 0 Å². The zero-order valence-corrected chi connectivity index (χ0v) is 33.1. The topological polar surface area (TPSA) is 29.5 Å². The van der Waals surface area contributed by atoms with Crippen LogP contribution in [0, 0.1) is 0 Å².